The van der Waals surface area contributed by atoms with E-state index in [4.69, 9.17) is 9.47 Å². The van der Waals surface area contributed by atoms with Gasteiger partial charge in [0.2, 0.25) is 0 Å². The Kier molecular flexibility index (Phi) is 8.67. The normalized spacial score (nSPS) is 12.2. The minimum absolute atomic E-state index is 0.0239. The smallest absolute Gasteiger partial charge is 0.329 e. The van der Waals surface area contributed by atoms with Crippen molar-refractivity contribution in [1.82, 2.24) is 19.1 Å². The summed E-state index contributed by atoms with van der Waals surface area (Å²) < 4.78 is 13.9. The number of hydrogen-bond acceptors (Lipinski definition) is 8. The summed E-state index contributed by atoms with van der Waals surface area (Å²) in [5.74, 6) is 0.208. The van der Waals surface area contributed by atoms with Crippen LogP contribution in [0.2, 0.25) is 0 Å². The highest BCUT2D eigenvalue weighted by Crippen LogP contribution is 2.26. The Labute approximate surface area is 217 Å². The second-order valence-electron chi connectivity index (χ2n) is 8.65. The summed E-state index contributed by atoms with van der Waals surface area (Å²) in [6, 6.07) is 13.5. The van der Waals surface area contributed by atoms with Gasteiger partial charge >= 0.3 is 11.7 Å². The van der Waals surface area contributed by atoms with E-state index < -0.39 is 23.3 Å². The lowest BCUT2D eigenvalue weighted by molar-refractivity contribution is -0.140. The largest absolute Gasteiger partial charge is 0.490 e. The molecular weight excluding hydrogens is 496 g/mol. The summed E-state index contributed by atoms with van der Waals surface area (Å²) in [5.41, 5.74) is -0.935. The number of H-pyrrole nitrogens is 1. The molecule has 2 heterocycles. The molecule has 37 heavy (non-hydrogen) atoms. The lowest BCUT2D eigenvalue weighted by Gasteiger charge is -2.16. The van der Waals surface area contributed by atoms with Gasteiger partial charge in [0.25, 0.3) is 5.56 Å². The Morgan fingerprint density at radius 1 is 1.16 bits per heavy atom. The summed E-state index contributed by atoms with van der Waals surface area (Å²) >= 11 is 1.08. The molecular formula is C26H30N4O6S. The molecule has 11 heteroatoms. The summed E-state index contributed by atoms with van der Waals surface area (Å²) in [7, 11) is 1.49. The van der Waals surface area contributed by atoms with Crippen LogP contribution in [0, 0.1) is 0 Å². The standard InChI is InChI=1S/C26H30N4O6S/c1-3-4-7-13-35-21(32)16-37-26-27-23-22(24(33)28-25(34)29(23)2)30(26)14-18(31)15-36-20-12-8-10-17-9-5-6-11-19(17)20/h5-6,8-12,18,31H,3-4,7,13-16H2,1-2H3,(H,28,33,34). The third kappa shape index (κ3) is 6.23. The van der Waals surface area contributed by atoms with Crippen LogP contribution in [0.3, 0.4) is 0 Å². The highest BCUT2D eigenvalue weighted by molar-refractivity contribution is 7.99. The van der Waals surface area contributed by atoms with Gasteiger partial charge in [0, 0.05) is 12.4 Å². The molecule has 0 radical (unpaired) electrons. The predicted octanol–water partition coefficient (Wildman–Crippen LogP) is 2.84. The monoisotopic (exact) mass is 526 g/mol. The van der Waals surface area contributed by atoms with Crippen molar-refractivity contribution in [3.05, 3.63) is 63.3 Å². The minimum atomic E-state index is -1.01. The van der Waals surface area contributed by atoms with E-state index in [1.807, 2.05) is 42.5 Å². The first kappa shape index (κ1) is 26.5. The van der Waals surface area contributed by atoms with Crippen LogP contribution in [0.4, 0.5) is 0 Å². The van der Waals surface area contributed by atoms with Crippen LogP contribution in [-0.4, -0.2) is 55.2 Å². The van der Waals surface area contributed by atoms with E-state index in [2.05, 4.69) is 16.9 Å². The van der Waals surface area contributed by atoms with Crippen molar-refractivity contribution in [2.75, 3.05) is 19.0 Å². The van der Waals surface area contributed by atoms with Crippen molar-refractivity contribution in [1.29, 1.82) is 0 Å². The van der Waals surface area contributed by atoms with Gasteiger partial charge in [0.15, 0.2) is 16.3 Å². The number of aromatic nitrogens is 4. The molecule has 2 aromatic carbocycles. The number of ether oxygens (including phenoxy) is 2. The van der Waals surface area contributed by atoms with Crippen molar-refractivity contribution >= 4 is 39.7 Å². The third-order valence-corrected chi connectivity index (χ3v) is 6.83. The van der Waals surface area contributed by atoms with Gasteiger partial charge in [-0.05, 0) is 17.9 Å². The Balaban J connectivity index is 1.53. The zero-order chi connectivity index (χ0) is 26.4. The Hall–Kier alpha value is -3.57. The number of imidazole rings is 1. The predicted molar refractivity (Wildman–Crippen MR) is 142 cm³/mol. The van der Waals surface area contributed by atoms with E-state index in [0.29, 0.717) is 17.5 Å². The second kappa shape index (κ2) is 12.1. The number of hydrogen-bond donors (Lipinski definition) is 2. The molecule has 2 N–H and O–H groups in total. The number of aromatic amines is 1. The highest BCUT2D eigenvalue weighted by Gasteiger charge is 2.21. The fourth-order valence-corrected chi connectivity index (χ4v) is 4.77. The van der Waals surface area contributed by atoms with Crippen LogP contribution in [0.5, 0.6) is 5.75 Å². The average molecular weight is 527 g/mol. The maximum absolute atomic E-state index is 12.7. The van der Waals surface area contributed by atoms with Crippen LogP contribution in [0.15, 0.2) is 57.2 Å². The van der Waals surface area contributed by atoms with Crippen molar-refractivity contribution in [2.45, 2.75) is 44.0 Å². The minimum Gasteiger partial charge on any atom is -0.490 e. The fraction of sp³-hybridized carbons (Fsp3) is 0.385. The Morgan fingerprint density at radius 3 is 2.76 bits per heavy atom. The van der Waals surface area contributed by atoms with E-state index >= 15 is 0 Å². The number of rotatable bonds is 12. The van der Waals surface area contributed by atoms with E-state index in [1.165, 1.54) is 16.2 Å². The van der Waals surface area contributed by atoms with Gasteiger partial charge in [-0.3, -0.25) is 19.1 Å². The maximum atomic E-state index is 12.7. The number of nitrogens with one attached hydrogen (secondary N) is 1. The molecule has 4 rings (SSSR count). The molecule has 1 unspecified atom stereocenters. The van der Waals surface area contributed by atoms with Gasteiger partial charge < -0.3 is 19.1 Å². The second-order valence-corrected chi connectivity index (χ2v) is 9.60. The fourth-order valence-electron chi connectivity index (χ4n) is 3.97. The van der Waals surface area contributed by atoms with Crippen molar-refractivity contribution in [3.8, 4) is 5.75 Å². The molecule has 196 valence electrons. The number of carbonyl (C=O) groups is 1. The van der Waals surface area contributed by atoms with E-state index in [9.17, 15) is 19.5 Å². The first-order valence-electron chi connectivity index (χ1n) is 12.2. The zero-order valence-electron chi connectivity index (χ0n) is 20.8. The molecule has 10 nitrogen and oxygen atoms in total. The number of thioether (sulfide) groups is 1. The van der Waals surface area contributed by atoms with E-state index in [0.717, 1.165) is 41.8 Å². The summed E-state index contributed by atoms with van der Waals surface area (Å²) in [5, 5.41) is 13.1. The number of aliphatic hydroxyl groups excluding tert-OH is 1. The molecule has 0 saturated heterocycles. The topological polar surface area (TPSA) is 128 Å². The van der Waals surface area contributed by atoms with Crippen LogP contribution in [0.25, 0.3) is 21.9 Å². The van der Waals surface area contributed by atoms with Crippen LogP contribution in [-0.2, 0) is 23.1 Å². The molecule has 1 atom stereocenters. The number of fused-ring (bicyclic) bond motifs is 2. The number of unbranched alkanes of at least 4 members (excludes halogenated alkanes) is 2. The quantitative estimate of drug-likeness (QED) is 0.164. The van der Waals surface area contributed by atoms with Crippen LogP contribution in [0.1, 0.15) is 26.2 Å². The molecule has 0 aliphatic rings. The van der Waals surface area contributed by atoms with Gasteiger partial charge in [0.05, 0.1) is 18.9 Å². The zero-order valence-corrected chi connectivity index (χ0v) is 21.6. The van der Waals surface area contributed by atoms with Gasteiger partial charge in [-0.1, -0.05) is 67.9 Å². The van der Waals surface area contributed by atoms with Gasteiger partial charge in [-0.25, -0.2) is 9.78 Å². The SMILES string of the molecule is CCCCCOC(=O)CSc1nc2c(c(=O)[nH]c(=O)n2C)n1CC(O)COc1cccc2ccccc12. The lowest BCUT2D eigenvalue weighted by Crippen LogP contribution is -2.30. The van der Waals surface area contributed by atoms with Crippen molar-refractivity contribution in [2.24, 2.45) is 7.05 Å². The first-order valence-corrected chi connectivity index (χ1v) is 13.1. The molecule has 0 spiro atoms. The number of nitrogens with zero attached hydrogens (tertiary/aromatic N) is 3. The lowest BCUT2D eigenvalue weighted by atomic mass is 10.1. The number of benzene rings is 2. The molecule has 0 amide bonds. The first-order chi connectivity index (χ1) is 17.9. The molecule has 2 aromatic heterocycles. The number of carbonyl (C=O) groups excluding carboxylic acids is 1. The maximum Gasteiger partial charge on any atom is 0.329 e. The molecule has 0 saturated carbocycles. The molecule has 0 aliphatic carbocycles. The van der Waals surface area contributed by atoms with Crippen molar-refractivity contribution in [3.63, 3.8) is 0 Å². The number of aliphatic hydroxyl groups is 1. The number of esters is 1. The summed E-state index contributed by atoms with van der Waals surface area (Å²) in [6.07, 6.45) is 1.79. The molecule has 4 aromatic rings. The van der Waals surface area contributed by atoms with Crippen LogP contribution >= 0.6 is 11.8 Å². The van der Waals surface area contributed by atoms with E-state index in [1.54, 1.807) is 0 Å². The van der Waals surface area contributed by atoms with Gasteiger partial charge in [-0.15, -0.1) is 0 Å². The third-order valence-electron chi connectivity index (χ3n) is 5.88. The molecule has 0 bridgehead atoms. The molecule has 0 fully saturated rings. The number of aryl methyl sites for hydroxylation is 1. The van der Waals surface area contributed by atoms with E-state index in [-0.39, 0.29) is 30.1 Å². The Morgan fingerprint density at radius 2 is 1.95 bits per heavy atom. The van der Waals surface area contributed by atoms with Gasteiger partial charge in [-0.2, -0.15) is 0 Å². The average Bonchev–Trinajstić information content (AvgIpc) is 3.26. The summed E-state index contributed by atoms with van der Waals surface area (Å²) in [4.78, 5) is 43.7. The van der Waals surface area contributed by atoms with Crippen molar-refractivity contribution < 1.29 is 19.4 Å². The highest BCUT2D eigenvalue weighted by atomic mass is 32.2. The van der Waals surface area contributed by atoms with Gasteiger partial charge in [0.1, 0.15) is 18.5 Å². The van der Waals surface area contributed by atoms with Crippen LogP contribution < -0.4 is 16.0 Å². The summed E-state index contributed by atoms with van der Waals surface area (Å²) in [6.45, 7) is 2.35. The Bertz CT molecular complexity index is 1500. The molecule has 0 aliphatic heterocycles.